The summed E-state index contributed by atoms with van der Waals surface area (Å²) < 4.78 is 0. The highest BCUT2D eigenvalue weighted by molar-refractivity contribution is 6.33. The van der Waals surface area contributed by atoms with Crippen LogP contribution in [0.15, 0.2) is 18.2 Å². The normalized spacial score (nSPS) is 10.4. The largest absolute Gasteiger partial charge is 0.508 e. The van der Waals surface area contributed by atoms with Crippen molar-refractivity contribution in [2.45, 2.75) is 0 Å². The maximum atomic E-state index is 9.14. The van der Waals surface area contributed by atoms with Crippen molar-refractivity contribution in [3.8, 4) is 17.1 Å². The number of aromatic nitrogens is 4. The van der Waals surface area contributed by atoms with Crippen molar-refractivity contribution >= 4 is 11.6 Å². The summed E-state index contributed by atoms with van der Waals surface area (Å²) in [6, 6.07) is 4.61. The summed E-state index contributed by atoms with van der Waals surface area (Å²) in [5.41, 5.74) is 0.651. The first-order valence-electron chi connectivity index (χ1n) is 3.90. The molecule has 0 fully saturated rings. The topological polar surface area (TPSA) is 63.8 Å². The minimum Gasteiger partial charge on any atom is -0.508 e. The number of halogens is 1. The zero-order valence-electron chi connectivity index (χ0n) is 7.35. The molecule has 1 N–H and O–H groups in total. The van der Waals surface area contributed by atoms with Crippen LogP contribution in [-0.2, 0) is 7.05 Å². The predicted octanol–water partition coefficient (Wildman–Crippen LogP) is 1.24. The van der Waals surface area contributed by atoms with E-state index in [9.17, 15) is 0 Å². The molecule has 0 atom stereocenters. The molecule has 0 aliphatic carbocycles. The lowest BCUT2D eigenvalue weighted by atomic mass is 10.2. The van der Waals surface area contributed by atoms with Crippen LogP contribution in [0.2, 0.25) is 5.02 Å². The van der Waals surface area contributed by atoms with Crippen LogP contribution in [0.25, 0.3) is 11.4 Å². The van der Waals surface area contributed by atoms with Gasteiger partial charge in [0.1, 0.15) is 5.75 Å². The second-order valence-electron chi connectivity index (χ2n) is 2.77. The van der Waals surface area contributed by atoms with Gasteiger partial charge in [-0.1, -0.05) is 11.6 Å². The zero-order valence-corrected chi connectivity index (χ0v) is 8.10. The molecule has 0 radical (unpaired) electrons. The van der Waals surface area contributed by atoms with E-state index in [1.807, 2.05) is 0 Å². The molecule has 6 heteroatoms. The van der Waals surface area contributed by atoms with E-state index < -0.39 is 0 Å². The van der Waals surface area contributed by atoms with Crippen LogP contribution >= 0.6 is 11.6 Å². The molecule has 0 aliphatic rings. The first-order chi connectivity index (χ1) is 6.66. The van der Waals surface area contributed by atoms with E-state index >= 15 is 0 Å². The second-order valence-corrected chi connectivity index (χ2v) is 3.17. The van der Waals surface area contributed by atoms with E-state index in [2.05, 4.69) is 15.4 Å². The van der Waals surface area contributed by atoms with Gasteiger partial charge in [0.25, 0.3) is 0 Å². The maximum Gasteiger partial charge on any atom is 0.206 e. The molecule has 14 heavy (non-hydrogen) atoms. The molecule has 0 amide bonds. The van der Waals surface area contributed by atoms with Crippen LogP contribution in [0.4, 0.5) is 0 Å². The second kappa shape index (κ2) is 3.26. The first kappa shape index (κ1) is 8.96. The molecule has 72 valence electrons. The Bertz CT molecular complexity index is 468. The quantitative estimate of drug-likeness (QED) is 0.769. The smallest absolute Gasteiger partial charge is 0.206 e. The van der Waals surface area contributed by atoms with Crippen LogP contribution in [0, 0.1) is 0 Å². The summed E-state index contributed by atoms with van der Waals surface area (Å²) in [7, 11) is 1.67. The Labute approximate surface area is 84.9 Å². The average molecular weight is 211 g/mol. The Morgan fingerprint density at radius 1 is 1.43 bits per heavy atom. The molecule has 1 aromatic heterocycles. The summed E-state index contributed by atoms with van der Waals surface area (Å²) >= 11 is 5.90. The first-order valence-corrected chi connectivity index (χ1v) is 4.27. The summed E-state index contributed by atoms with van der Waals surface area (Å²) in [5.74, 6) is 0.556. The van der Waals surface area contributed by atoms with Crippen molar-refractivity contribution in [3.63, 3.8) is 0 Å². The SMILES string of the molecule is Cn1nnc(-c2ccc(O)cc2Cl)n1. The maximum absolute atomic E-state index is 9.14. The van der Waals surface area contributed by atoms with Gasteiger partial charge in [0.2, 0.25) is 5.82 Å². The summed E-state index contributed by atoms with van der Waals surface area (Å²) in [5, 5.41) is 21.0. The van der Waals surface area contributed by atoms with Gasteiger partial charge in [-0.2, -0.15) is 4.80 Å². The van der Waals surface area contributed by atoms with Gasteiger partial charge in [0, 0.05) is 5.56 Å². The lowest BCUT2D eigenvalue weighted by Gasteiger charge is -1.98. The Hall–Kier alpha value is -1.62. The number of nitrogens with zero attached hydrogens (tertiary/aromatic N) is 4. The highest BCUT2D eigenvalue weighted by atomic mass is 35.5. The summed E-state index contributed by atoms with van der Waals surface area (Å²) in [6.45, 7) is 0. The van der Waals surface area contributed by atoms with Crippen molar-refractivity contribution in [1.82, 2.24) is 20.2 Å². The Kier molecular flexibility index (Phi) is 2.09. The van der Waals surface area contributed by atoms with E-state index in [-0.39, 0.29) is 5.75 Å². The number of aryl methyl sites for hydroxylation is 1. The van der Waals surface area contributed by atoms with E-state index in [4.69, 9.17) is 16.7 Å². The molecule has 0 bridgehead atoms. The Morgan fingerprint density at radius 2 is 2.21 bits per heavy atom. The van der Waals surface area contributed by atoms with Gasteiger partial charge in [0.05, 0.1) is 12.1 Å². The molecule has 5 nitrogen and oxygen atoms in total. The molecule has 2 rings (SSSR count). The molecular weight excluding hydrogens is 204 g/mol. The molecular formula is C8H7ClN4O. The number of rotatable bonds is 1. The van der Waals surface area contributed by atoms with Crippen LogP contribution < -0.4 is 0 Å². The highest BCUT2D eigenvalue weighted by Crippen LogP contribution is 2.27. The number of benzene rings is 1. The van der Waals surface area contributed by atoms with E-state index in [0.717, 1.165) is 0 Å². The van der Waals surface area contributed by atoms with Crippen LogP contribution in [0.1, 0.15) is 0 Å². The number of hydrogen-bond donors (Lipinski definition) is 1. The third kappa shape index (κ3) is 1.54. The number of hydrogen-bond acceptors (Lipinski definition) is 4. The van der Waals surface area contributed by atoms with Crippen LogP contribution in [0.3, 0.4) is 0 Å². The van der Waals surface area contributed by atoms with Crippen LogP contribution in [-0.4, -0.2) is 25.3 Å². The van der Waals surface area contributed by atoms with E-state index in [1.165, 1.54) is 16.9 Å². The monoisotopic (exact) mass is 210 g/mol. The van der Waals surface area contributed by atoms with Gasteiger partial charge < -0.3 is 5.11 Å². The fourth-order valence-corrected chi connectivity index (χ4v) is 1.34. The summed E-state index contributed by atoms with van der Waals surface area (Å²) in [6.07, 6.45) is 0. The van der Waals surface area contributed by atoms with Crippen molar-refractivity contribution in [2.75, 3.05) is 0 Å². The van der Waals surface area contributed by atoms with Crippen molar-refractivity contribution in [3.05, 3.63) is 23.2 Å². The van der Waals surface area contributed by atoms with Gasteiger partial charge in [-0.3, -0.25) is 0 Å². The van der Waals surface area contributed by atoms with Gasteiger partial charge >= 0.3 is 0 Å². The molecule has 1 heterocycles. The van der Waals surface area contributed by atoms with Gasteiger partial charge in [-0.05, 0) is 23.4 Å². The molecule has 0 unspecified atom stereocenters. The van der Waals surface area contributed by atoms with Gasteiger partial charge in [-0.15, -0.1) is 10.2 Å². The zero-order chi connectivity index (χ0) is 10.1. The third-order valence-corrected chi connectivity index (χ3v) is 2.01. The minimum atomic E-state index is 0.114. The van der Waals surface area contributed by atoms with Crippen molar-refractivity contribution in [1.29, 1.82) is 0 Å². The molecule has 0 aliphatic heterocycles. The number of phenolic OH excluding ortho intramolecular Hbond substituents is 1. The van der Waals surface area contributed by atoms with Gasteiger partial charge in [-0.25, -0.2) is 0 Å². The average Bonchev–Trinajstić information content (AvgIpc) is 2.51. The molecule has 0 saturated heterocycles. The molecule has 0 saturated carbocycles. The number of phenols is 1. The standard InChI is InChI=1S/C8H7ClN4O/c1-13-11-8(10-12-13)6-3-2-5(14)4-7(6)9/h2-4,14H,1H3. The Morgan fingerprint density at radius 3 is 2.79 bits per heavy atom. The predicted molar refractivity (Wildman–Crippen MR) is 50.9 cm³/mol. The van der Waals surface area contributed by atoms with E-state index in [0.29, 0.717) is 16.4 Å². The Balaban J connectivity index is 2.52. The number of aromatic hydroxyl groups is 1. The number of tetrazole rings is 1. The lowest BCUT2D eigenvalue weighted by Crippen LogP contribution is -1.91. The van der Waals surface area contributed by atoms with Crippen molar-refractivity contribution < 1.29 is 5.11 Å². The fraction of sp³-hybridized carbons (Fsp3) is 0.125. The highest BCUT2D eigenvalue weighted by Gasteiger charge is 2.08. The lowest BCUT2D eigenvalue weighted by molar-refractivity contribution is 0.475. The van der Waals surface area contributed by atoms with Crippen molar-refractivity contribution in [2.24, 2.45) is 7.05 Å². The van der Waals surface area contributed by atoms with E-state index in [1.54, 1.807) is 13.1 Å². The minimum absolute atomic E-state index is 0.114. The van der Waals surface area contributed by atoms with Gasteiger partial charge in [0.15, 0.2) is 0 Å². The fourth-order valence-electron chi connectivity index (χ4n) is 1.08. The molecule has 0 spiro atoms. The van der Waals surface area contributed by atoms with Crippen LogP contribution in [0.5, 0.6) is 5.75 Å². The molecule has 2 aromatic rings. The third-order valence-electron chi connectivity index (χ3n) is 1.70. The summed E-state index contributed by atoms with van der Waals surface area (Å²) in [4.78, 5) is 1.35. The molecule has 1 aromatic carbocycles.